The predicted octanol–water partition coefficient (Wildman–Crippen LogP) is 3.38. The summed E-state index contributed by atoms with van der Waals surface area (Å²) >= 11 is 0. The fourth-order valence-electron chi connectivity index (χ4n) is 2.33. The lowest BCUT2D eigenvalue weighted by Crippen LogP contribution is -2.04. The lowest BCUT2D eigenvalue weighted by molar-refractivity contribution is 0.102. The molecular formula is C16H15N3O. The van der Waals surface area contributed by atoms with Crippen LogP contribution in [-0.2, 0) is 6.54 Å². The first-order valence-electron chi connectivity index (χ1n) is 6.50. The van der Waals surface area contributed by atoms with E-state index >= 15 is 0 Å². The summed E-state index contributed by atoms with van der Waals surface area (Å²) in [6.45, 7) is 2.21. The smallest absolute Gasteiger partial charge is 0.164 e. The summed E-state index contributed by atoms with van der Waals surface area (Å²) in [4.78, 5) is 19.2. The molecule has 3 rings (SSSR count). The Labute approximate surface area is 116 Å². The zero-order chi connectivity index (χ0) is 13.9. The van der Waals surface area contributed by atoms with Gasteiger partial charge in [-0.3, -0.25) is 9.78 Å². The number of nitrogens with zero attached hydrogens (tertiary/aromatic N) is 1. The van der Waals surface area contributed by atoms with Crippen molar-refractivity contribution in [3.8, 4) is 0 Å². The Balaban J connectivity index is 1.95. The van der Waals surface area contributed by atoms with Crippen molar-refractivity contribution in [1.82, 2.24) is 9.97 Å². The SMILES string of the molecule is CC(=O)c1c(NCc2cccnc2)[nH]c2ccccc12. The summed E-state index contributed by atoms with van der Waals surface area (Å²) in [7, 11) is 0. The van der Waals surface area contributed by atoms with Crippen molar-refractivity contribution >= 4 is 22.5 Å². The maximum Gasteiger partial charge on any atom is 0.164 e. The molecule has 0 saturated carbocycles. The molecule has 4 nitrogen and oxygen atoms in total. The highest BCUT2D eigenvalue weighted by molar-refractivity contribution is 6.11. The first-order valence-corrected chi connectivity index (χ1v) is 6.50. The maximum absolute atomic E-state index is 11.9. The highest BCUT2D eigenvalue weighted by Gasteiger charge is 2.14. The number of para-hydroxylation sites is 1. The topological polar surface area (TPSA) is 57.8 Å². The number of benzene rings is 1. The average molecular weight is 265 g/mol. The van der Waals surface area contributed by atoms with Crippen LogP contribution in [0.4, 0.5) is 5.82 Å². The number of carbonyl (C=O) groups is 1. The standard InChI is InChI=1S/C16H15N3O/c1-11(20)15-13-6-2-3-7-14(13)19-16(15)18-10-12-5-4-8-17-9-12/h2-9,18-19H,10H2,1H3. The molecule has 3 aromatic rings. The highest BCUT2D eigenvalue weighted by Crippen LogP contribution is 2.26. The molecule has 0 aliphatic rings. The van der Waals surface area contributed by atoms with Gasteiger partial charge in [0.15, 0.2) is 5.78 Å². The molecule has 0 saturated heterocycles. The fourth-order valence-corrected chi connectivity index (χ4v) is 2.33. The number of hydrogen-bond acceptors (Lipinski definition) is 3. The lowest BCUT2D eigenvalue weighted by Gasteiger charge is -2.06. The number of fused-ring (bicyclic) bond motifs is 1. The monoisotopic (exact) mass is 265 g/mol. The molecule has 20 heavy (non-hydrogen) atoms. The molecule has 2 N–H and O–H groups in total. The molecule has 0 aliphatic carbocycles. The van der Waals surface area contributed by atoms with Crippen LogP contribution in [0.5, 0.6) is 0 Å². The minimum absolute atomic E-state index is 0.0520. The summed E-state index contributed by atoms with van der Waals surface area (Å²) < 4.78 is 0. The zero-order valence-electron chi connectivity index (χ0n) is 11.2. The number of Topliss-reactive ketones (excluding diaryl/α,β-unsaturated/α-hetero) is 1. The highest BCUT2D eigenvalue weighted by atomic mass is 16.1. The van der Waals surface area contributed by atoms with E-state index < -0.39 is 0 Å². The van der Waals surface area contributed by atoms with Gasteiger partial charge in [-0.05, 0) is 24.6 Å². The molecular weight excluding hydrogens is 250 g/mol. The number of nitrogens with one attached hydrogen (secondary N) is 2. The number of aromatic amines is 1. The number of anilines is 1. The minimum atomic E-state index is 0.0520. The van der Waals surface area contributed by atoms with Gasteiger partial charge in [-0.25, -0.2) is 0 Å². The molecule has 4 heteroatoms. The van der Waals surface area contributed by atoms with Gasteiger partial charge in [-0.15, -0.1) is 0 Å². The number of pyridine rings is 1. The van der Waals surface area contributed by atoms with Gasteiger partial charge in [0.05, 0.1) is 5.56 Å². The quantitative estimate of drug-likeness (QED) is 0.711. The predicted molar refractivity (Wildman–Crippen MR) is 79.9 cm³/mol. The number of H-pyrrole nitrogens is 1. The third kappa shape index (κ3) is 2.28. The molecule has 0 spiro atoms. The van der Waals surface area contributed by atoms with Gasteiger partial charge in [0.2, 0.25) is 0 Å². The number of rotatable bonds is 4. The third-order valence-electron chi connectivity index (χ3n) is 3.25. The molecule has 2 aromatic heterocycles. The number of aromatic nitrogens is 2. The van der Waals surface area contributed by atoms with E-state index in [2.05, 4.69) is 15.3 Å². The number of ketones is 1. The Hall–Kier alpha value is -2.62. The Bertz CT molecular complexity index is 747. The number of carbonyl (C=O) groups excluding carboxylic acids is 1. The molecule has 0 unspecified atom stereocenters. The van der Waals surface area contributed by atoms with Gasteiger partial charge >= 0.3 is 0 Å². The van der Waals surface area contributed by atoms with E-state index in [0.29, 0.717) is 12.1 Å². The Morgan fingerprint density at radius 1 is 1.25 bits per heavy atom. The lowest BCUT2D eigenvalue weighted by atomic mass is 10.1. The van der Waals surface area contributed by atoms with Crippen LogP contribution in [0.1, 0.15) is 22.8 Å². The van der Waals surface area contributed by atoms with Gasteiger partial charge in [-0.1, -0.05) is 24.3 Å². The summed E-state index contributed by atoms with van der Waals surface area (Å²) in [6, 6.07) is 11.7. The van der Waals surface area contributed by atoms with Crippen molar-refractivity contribution in [2.75, 3.05) is 5.32 Å². The van der Waals surface area contributed by atoms with Gasteiger partial charge in [0.1, 0.15) is 5.82 Å². The average Bonchev–Trinajstić information content (AvgIpc) is 2.84. The van der Waals surface area contributed by atoms with E-state index in [9.17, 15) is 4.79 Å². The van der Waals surface area contributed by atoms with Gasteiger partial charge in [-0.2, -0.15) is 0 Å². The van der Waals surface area contributed by atoms with E-state index in [1.807, 2.05) is 42.6 Å². The molecule has 0 atom stereocenters. The van der Waals surface area contributed by atoms with Crippen LogP contribution in [0.15, 0.2) is 48.8 Å². The van der Waals surface area contributed by atoms with Crippen molar-refractivity contribution in [3.63, 3.8) is 0 Å². The van der Waals surface area contributed by atoms with Crippen molar-refractivity contribution in [1.29, 1.82) is 0 Å². The van der Waals surface area contributed by atoms with E-state index in [4.69, 9.17) is 0 Å². The Morgan fingerprint density at radius 2 is 2.10 bits per heavy atom. The van der Waals surface area contributed by atoms with E-state index in [-0.39, 0.29) is 5.78 Å². The van der Waals surface area contributed by atoms with Crippen molar-refractivity contribution in [2.24, 2.45) is 0 Å². The second kappa shape index (κ2) is 5.17. The molecule has 0 fully saturated rings. The summed E-state index contributed by atoms with van der Waals surface area (Å²) in [5, 5.41) is 4.24. The van der Waals surface area contributed by atoms with Crippen molar-refractivity contribution in [2.45, 2.75) is 13.5 Å². The molecule has 2 heterocycles. The molecule has 0 amide bonds. The van der Waals surface area contributed by atoms with Gasteiger partial charge < -0.3 is 10.3 Å². The van der Waals surface area contributed by atoms with Crippen LogP contribution in [0.3, 0.4) is 0 Å². The normalized spacial score (nSPS) is 10.7. The molecule has 0 bridgehead atoms. The summed E-state index contributed by atoms with van der Waals surface area (Å²) in [5.74, 6) is 0.818. The Kier molecular flexibility index (Phi) is 3.21. The summed E-state index contributed by atoms with van der Waals surface area (Å²) in [5.41, 5.74) is 2.75. The van der Waals surface area contributed by atoms with E-state index in [1.165, 1.54) is 0 Å². The first-order chi connectivity index (χ1) is 9.75. The molecule has 0 aliphatic heterocycles. The first kappa shape index (κ1) is 12.4. The molecule has 100 valence electrons. The van der Waals surface area contributed by atoms with Crippen LogP contribution in [0.2, 0.25) is 0 Å². The largest absolute Gasteiger partial charge is 0.367 e. The van der Waals surface area contributed by atoms with Crippen LogP contribution in [0.25, 0.3) is 10.9 Å². The second-order valence-corrected chi connectivity index (χ2v) is 4.69. The minimum Gasteiger partial charge on any atom is -0.367 e. The second-order valence-electron chi connectivity index (χ2n) is 4.69. The Morgan fingerprint density at radius 3 is 2.85 bits per heavy atom. The zero-order valence-corrected chi connectivity index (χ0v) is 11.2. The van der Waals surface area contributed by atoms with Crippen molar-refractivity contribution < 1.29 is 4.79 Å². The van der Waals surface area contributed by atoms with Crippen LogP contribution < -0.4 is 5.32 Å². The number of hydrogen-bond donors (Lipinski definition) is 2. The van der Waals surface area contributed by atoms with E-state index in [0.717, 1.165) is 22.3 Å². The van der Waals surface area contributed by atoms with Gasteiger partial charge in [0, 0.05) is 29.8 Å². The van der Waals surface area contributed by atoms with Crippen LogP contribution in [-0.4, -0.2) is 15.8 Å². The summed E-state index contributed by atoms with van der Waals surface area (Å²) in [6.07, 6.45) is 3.55. The van der Waals surface area contributed by atoms with Gasteiger partial charge in [0.25, 0.3) is 0 Å². The van der Waals surface area contributed by atoms with Crippen LogP contribution in [0, 0.1) is 0 Å². The molecule has 1 aromatic carbocycles. The third-order valence-corrected chi connectivity index (χ3v) is 3.25. The maximum atomic E-state index is 11.9. The molecule has 0 radical (unpaired) electrons. The van der Waals surface area contributed by atoms with Crippen molar-refractivity contribution in [3.05, 3.63) is 59.9 Å². The van der Waals surface area contributed by atoms with Crippen LogP contribution >= 0.6 is 0 Å². The van der Waals surface area contributed by atoms with E-state index in [1.54, 1.807) is 13.1 Å². The fraction of sp³-hybridized carbons (Fsp3) is 0.125.